The first-order valence-corrected chi connectivity index (χ1v) is 33.5. The lowest BCUT2D eigenvalue weighted by Gasteiger charge is -2.18. The highest BCUT2D eigenvalue weighted by Crippen LogP contribution is 2.18. The van der Waals surface area contributed by atoms with Crippen molar-refractivity contribution in [1.29, 1.82) is 0 Å². The van der Waals surface area contributed by atoms with Crippen LogP contribution in [-0.2, 0) is 28.6 Å². The van der Waals surface area contributed by atoms with Gasteiger partial charge in [-0.25, -0.2) is 0 Å². The number of ether oxygens (including phenoxy) is 3. The van der Waals surface area contributed by atoms with Crippen molar-refractivity contribution < 1.29 is 28.6 Å². The summed E-state index contributed by atoms with van der Waals surface area (Å²) in [6, 6.07) is 0. The van der Waals surface area contributed by atoms with E-state index in [1.54, 1.807) is 0 Å². The van der Waals surface area contributed by atoms with Crippen LogP contribution in [0.5, 0.6) is 0 Å². The zero-order chi connectivity index (χ0) is 54.3. The Morgan fingerprint density at radius 1 is 0.267 bits per heavy atom. The second-order valence-corrected chi connectivity index (χ2v) is 22.7. The van der Waals surface area contributed by atoms with E-state index in [0.29, 0.717) is 19.3 Å². The Kier molecular flexibility index (Phi) is 62.1. The van der Waals surface area contributed by atoms with Gasteiger partial charge in [-0.15, -0.1) is 0 Å². The molecule has 0 rings (SSSR count). The maximum absolute atomic E-state index is 12.9. The Hall–Kier alpha value is -2.37. The summed E-state index contributed by atoms with van der Waals surface area (Å²) in [5.74, 6) is -0.868. The molecule has 0 radical (unpaired) electrons. The zero-order valence-corrected chi connectivity index (χ0v) is 50.6. The fraction of sp³-hybridized carbons (Fsp3) is 0.870. The molecule has 0 aromatic rings. The summed E-state index contributed by atoms with van der Waals surface area (Å²) < 4.78 is 16.9. The Labute approximate surface area is 467 Å². The van der Waals surface area contributed by atoms with Gasteiger partial charge in [0, 0.05) is 19.3 Å². The topological polar surface area (TPSA) is 78.9 Å². The van der Waals surface area contributed by atoms with Gasteiger partial charge in [-0.2, -0.15) is 0 Å². The molecular weight excluding hydrogens is 925 g/mol. The van der Waals surface area contributed by atoms with E-state index in [1.807, 2.05) is 0 Å². The van der Waals surface area contributed by atoms with Gasteiger partial charge in [0.1, 0.15) is 13.2 Å². The highest BCUT2D eigenvalue weighted by atomic mass is 16.6. The number of allylic oxidation sites excluding steroid dienone is 6. The Morgan fingerprint density at radius 2 is 0.480 bits per heavy atom. The van der Waals surface area contributed by atoms with Crippen molar-refractivity contribution in [1.82, 2.24) is 0 Å². The molecule has 0 aliphatic heterocycles. The first-order chi connectivity index (χ1) is 37.0. The van der Waals surface area contributed by atoms with Gasteiger partial charge in [0.05, 0.1) is 0 Å². The molecule has 0 heterocycles. The van der Waals surface area contributed by atoms with Gasteiger partial charge < -0.3 is 14.2 Å². The van der Waals surface area contributed by atoms with Gasteiger partial charge in [0.2, 0.25) is 0 Å². The molecule has 6 nitrogen and oxygen atoms in total. The van der Waals surface area contributed by atoms with Gasteiger partial charge >= 0.3 is 17.9 Å². The summed E-state index contributed by atoms with van der Waals surface area (Å²) >= 11 is 0. The van der Waals surface area contributed by atoms with Crippen LogP contribution >= 0.6 is 0 Å². The molecule has 440 valence electrons. The third-order valence-corrected chi connectivity index (χ3v) is 15.1. The SMILES string of the molecule is CCCCC/C=C\C/C=C\CCCCCCCC(=O)OCC(COC(=O)CCCCCCCCCCCCCCCCCCCCCCCCCCC)OC(=O)CCCCCCCCC/C=C\CCCCCCCC. The van der Waals surface area contributed by atoms with Crippen LogP contribution in [0.25, 0.3) is 0 Å². The van der Waals surface area contributed by atoms with E-state index < -0.39 is 6.10 Å². The monoisotopic (exact) mass is 1050 g/mol. The van der Waals surface area contributed by atoms with Crippen molar-refractivity contribution in [3.05, 3.63) is 36.5 Å². The van der Waals surface area contributed by atoms with Crippen molar-refractivity contribution in [3.8, 4) is 0 Å². The van der Waals surface area contributed by atoms with E-state index in [1.165, 1.54) is 250 Å². The van der Waals surface area contributed by atoms with E-state index in [9.17, 15) is 14.4 Å². The van der Waals surface area contributed by atoms with E-state index in [2.05, 4.69) is 57.2 Å². The summed E-state index contributed by atoms with van der Waals surface area (Å²) in [5.41, 5.74) is 0. The second kappa shape index (κ2) is 64.2. The minimum absolute atomic E-state index is 0.0742. The maximum atomic E-state index is 12.9. The van der Waals surface area contributed by atoms with Gasteiger partial charge in [0.25, 0.3) is 0 Å². The van der Waals surface area contributed by atoms with Gasteiger partial charge in [-0.05, 0) is 77.0 Å². The second-order valence-electron chi connectivity index (χ2n) is 22.7. The lowest BCUT2D eigenvalue weighted by Crippen LogP contribution is -2.30. The van der Waals surface area contributed by atoms with Gasteiger partial charge in [-0.3, -0.25) is 14.4 Å². The summed E-state index contributed by atoms with van der Waals surface area (Å²) in [5, 5.41) is 0. The van der Waals surface area contributed by atoms with E-state index in [4.69, 9.17) is 14.2 Å². The van der Waals surface area contributed by atoms with E-state index in [-0.39, 0.29) is 31.1 Å². The standard InChI is InChI=1S/C69H128O6/c1-4-7-10-13-16-19-22-25-28-30-31-32-33-34-35-36-37-39-41-44-47-50-53-56-59-62-68(71)74-65-66(64-73-67(70)61-58-55-52-49-46-43-40-27-24-21-18-15-12-9-6-3)75-69(72)63-60-57-54-51-48-45-42-38-29-26-23-20-17-14-11-8-5-2/h18,21,26-27,29,40,66H,4-17,19-20,22-25,28,30-39,41-65H2,1-3H3/b21-18-,29-26-,40-27-. The predicted molar refractivity (Wildman–Crippen MR) is 326 cm³/mol. The molecule has 6 heteroatoms. The zero-order valence-electron chi connectivity index (χ0n) is 50.6. The number of carbonyl (C=O) groups is 3. The van der Waals surface area contributed by atoms with Crippen LogP contribution in [0.1, 0.15) is 367 Å². The normalized spacial score (nSPS) is 12.2. The Morgan fingerprint density at radius 3 is 0.773 bits per heavy atom. The smallest absolute Gasteiger partial charge is 0.306 e. The van der Waals surface area contributed by atoms with Crippen molar-refractivity contribution >= 4 is 17.9 Å². The van der Waals surface area contributed by atoms with Crippen molar-refractivity contribution in [2.45, 2.75) is 374 Å². The fourth-order valence-electron chi connectivity index (χ4n) is 10.1. The average Bonchev–Trinajstić information content (AvgIpc) is 3.41. The third kappa shape index (κ3) is 62.4. The fourth-order valence-corrected chi connectivity index (χ4v) is 10.1. The van der Waals surface area contributed by atoms with E-state index >= 15 is 0 Å². The van der Waals surface area contributed by atoms with Crippen LogP contribution < -0.4 is 0 Å². The molecule has 1 atom stereocenters. The minimum atomic E-state index is -0.779. The minimum Gasteiger partial charge on any atom is -0.462 e. The molecule has 0 amide bonds. The highest BCUT2D eigenvalue weighted by Gasteiger charge is 2.19. The van der Waals surface area contributed by atoms with Crippen LogP contribution in [0.4, 0.5) is 0 Å². The van der Waals surface area contributed by atoms with Crippen LogP contribution in [-0.4, -0.2) is 37.2 Å². The average molecular weight is 1050 g/mol. The molecule has 0 N–H and O–H groups in total. The van der Waals surface area contributed by atoms with E-state index in [0.717, 1.165) is 77.0 Å². The first kappa shape index (κ1) is 72.6. The first-order valence-electron chi connectivity index (χ1n) is 33.5. The summed E-state index contributed by atoms with van der Waals surface area (Å²) in [7, 11) is 0. The molecule has 0 fully saturated rings. The lowest BCUT2D eigenvalue weighted by molar-refractivity contribution is -0.167. The third-order valence-electron chi connectivity index (χ3n) is 15.1. The largest absolute Gasteiger partial charge is 0.462 e. The van der Waals surface area contributed by atoms with Crippen molar-refractivity contribution in [2.75, 3.05) is 13.2 Å². The number of esters is 3. The molecule has 0 saturated heterocycles. The van der Waals surface area contributed by atoms with Crippen molar-refractivity contribution in [2.24, 2.45) is 0 Å². The summed E-state index contributed by atoms with van der Waals surface area (Å²) in [6.45, 7) is 6.66. The molecule has 0 aliphatic carbocycles. The highest BCUT2D eigenvalue weighted by molar-refractivity contribution is 5.71. The molecule has 0 saturated carbocycles. The number of carbonyl (C=O) groups excluding carboxylic acids is 3. The molecule has 0 aliphatic rings. The van der Waals surface area contributed by atoms with Gasteiger partial charge in [-0.1, -0.05) is 308 Å². The van der Waals surface area contributed by atoms with Crippen LogP contribution in [0.2, 0.25) is 0 Å². The Bertz CT molecular complexity index is 1250. The molecule has 0 aromatic carbocycles. The van der Waals surface area contributed by atoms with Crippen molar-refractivity contribution in [3.63, 3.8) is 0 Å². The van der Waals surface area contributed by atoms with Crippen LogP contribution in [0, 0.1) is 0 Å². The molecular formula is C69H128O6. The predicted octanol–water partition coefficient (Wildman–Crippen LogP) is 22.8. The number of unbranched alkanes of at least 4 members (excludes halogenated alkanes) is 45. The summed E-state index contributed by atoms with van der Waals surface area (Å²) in [4.78, 5) is 38.3. The number of hydrogen-bond acceptors (Lipinski definition) is 6. The maximum Gasteiger partial charge on any atom is 0.306 e. The molecule has 1 unspecified atom stereocenters. The molecule has 0 spiro atoms. The van der Waals surface area contributed by atoms with Crippen LogP contribution in [0.3, 0.4) is 0 Å². The van der Waals surface area contributed by atoms with Crippen LogP contribution in [0.15, 0.2) is 36.5 Å². The Balaban J connectivity index is 4.26. The summed E-state index contributed by atoms with van der Waals surface area (Å²) in [6.07, 6.45) is 78.8. The number of hydrogen-bond donors (Lipinski definition) is 0. The molecule has 0 bridgehead atoms. The quantitative estimate of drug-likeness (QED) is 0.0261. The lowest BCUT2D eigenvalue weighted by atomic mass is 10.0. The molecule has 75 heavy (non-hydrogen) atoms. The molecule has 0 aromatic heterocycles. The van der Waals surface area contributed by atoms with Gasteiger partial charge in [0.15, 0.2) is 6.10 Å². The number of rotatable bonds is 62.